The normalized spacial score (nSPS) is 11.6. The Balaban J connectivity index is 1.96. The van der Waals surface area contributed by atoms with Crippen LogP contribution in [-0.2, 0) is 6.54 Å². The van der Waals surface area contributed by atoms with Gasteiger partial charge in [0.25, 0.3) is 5.91 Å². The minimum atomic E-state index is -0.937. The van der Waals surface area contributed by atoms with Crippen LogP contribution in [0.2, 0.25) is 0 Å². The van der Waals surface area contributed by atoms with Crippen molar-refractivity contribution in [2.24, 2.45) is 0 Å². The molecule has 5 nitrogen and oxygen atoms in total. The van der Waals surface area contributed by atoms with Crippen LogP contribution in [-0.4, -0.2) is 23.0 Å². The van der Waals surface area contributed by atoms with Gasteiger partial charge in [0.05, 0.1) is 5.56 Å². The molecule has 126 valence electrons. The zero-order valence-electron chi connectivity index (χ0n) is 13.9. The summed E-state index contributed by atoms with van der Waals surface area (Å²) in [6, 6.07) is 14.2. The Morgan fingerprint density at radius 3 is 2.42 bits per heavy atom. The highest BCUT2D eigenvalue weighted by molar-refractivity contribution is 5.94. The summed E-state index contributed by atoms with van der Waals surface area (Å²) in [6.07, 6.45) is 0.890. The predicted octanol–water partition coefficient (Wildman–Crippen LogP) is 3.53. The highest BCUT2D eigenvalue weighted by atomic mass is 16.4. The first kappa shape index (κ1) is 17.5. The zero-order chi connectivity index (χ0) is 17.5. The number of hydrogen-bond acceptors (Lipinski definition) is 3. The van der Waals surface area contributed by atoms with Crippen LogP contribution >= 0.6 is 0 Å². The van der Waals surface area contributed by atoms with Gasteiger partial charge in [0.2, 0.25) is 0 Å². The molecule has 0 fully saturated rings. The molecule has 0 bridgehead atoms. The topological polar surface area (TPSA) is 78.4 Å². The van der Waals surface area contributed by atoms with Crippen molar-refractivity contribution in [3.63, 3.8) is 0 Å². The SMILES string of the molecule is CCC(C)NC(=O)c1ccc(NCc2cccc(C(=O)O)c2)cc1. The van der Waals surface area contributed by atoms with E-state index in [1.807, 2.05) is 32.0 Å². The molecule has 0 aromatic heterocycles. The van der Waals surface area contributed by atoms with Crippen molar-refractivity contribution >= 4 is 17.6 Å². The van der Waals surface area contributed by atoms with E-state index in [1.54, 1.807) is 30.3 Å². The maximum atomic E-state index is 12.0. The van der Waals surface area contributed by atoms with Crippen LogP contribution in [0.5, 0.6) is 0 Å². The van der Waals surface area contributed by atoms with Crippen LogP contribution in [0.15, 0.2) is 48.5 Å². The fourth-order valence-electron chi connectivity index (χ4n) is 2.17. The van der Waals surface area contributed by atoms with Crippen LogP contribution in [0.3, 0.4) is 0 Å². The van der Waals surface area contributed by atoms with E-state index in [-0.39, 0.29) is 17.5 Å². The van der Waals surface area contributed by atoms with Crippen LogP contribution in [0.25, 0.3) is 0 Å². The summed E-state index contributed by atoms with van der Waals surface area (Å²) in [7, 11) is 0. The van der Waals surface area contributed by atoms with Crippen LogP contribution in [0.4, 0.5) is 5.69 Å². The summed E-state index contributed by atoms with van der Waals surface area (Å²) in [5, 5.41) is 15.1. The number of hydrogen-bond donors (Lipinski definition) is 3. The third-order valence-electron chi connectivity index (χ3n) is 3.81. The van der Waals surface area contributed by atoms with Gasteiger partial charge in [0, 0.05) is 23.8 Å². The molecule has 1 unspecified atom stereocenters. The molecule has 0 spiro atoms. The molecule has 0 saturated carbocycles. The van der Waals surface area contributed by atoms with E-state index in [0.717, 1.165) is 17.7 Å². The molecule has 24 heavy (non-hydrogen) atoms. The molecule has 0 aliphatic carbocycles. The van der Waals surface area contributed by atoms with Crippen molar-refractivity contribution in [1.29, 1.82) is 0 Å². The minimum Gasteiger partial charge on any atom is -0.478 e. The second-order valence-corrected chi connectivity index (χ2v) is 5.72. The second-order valence-electron chi connectivity index (χ2n) is 5.72. The lowest BCUT2D eigenvalue weighted by Crippen LogP contribution is -2.31. The largest absolute Gasteiger partial charge is 0.478 e. The summed E-state index contributed by atoms with van der Waals surface area (Å²) >= 11 is 0. The zero-order valence-corrected chi connectivity index (χ0v) is 13.9. The van der Waals surface area contributed by atoms with Gasteiger partial charge in [-0.2, -0.15) is 0 Å². The van der Waals surface area contributed by atoms with E-state index in [9.17, 15) is 9.59 Å². The standard InChI is InChI=1S/C19H22N2O3/c1-3-13(2)21-18(22)15-7-9-17(10-8-15)20-12-14-5-4-6-16(11-14)19(23)24/h4-11,13,20H,3,12H2,1-2H3,(H,21,22)(H,23,24). The van der Waals surface area contributed by atoms with Gasteiger partial charge in [-0.15, -0.1) is 0 Å². The van der Waals surface area contributed by atoms with E-state index in [2.05, 4.69) is 10.6 Å². The minimum absolute atomic E-state index is 0.0786. The molecule has 5 heteroatoms. The molecular formula is C19H22N2O3. The lowest BCUT2D eigenvalue weighted by Gasteiger charge is -2.12. The van der Waals surface area contributed by atoms with Crippen LogP contribution in [0, 0.1) is 0 Å². The monoisotopic (exact) mass is 326 g/mol. The number of benzene rings is 2. The highest BCUT2D eigenvalue weighted by Crippen LogP contribution is 2.13. The van der Waals surface area contributed by atoms with E-state index in [4.69, 9.17) is 5.11 Å². The van der Waals surface area contributed by atoms with Crippen LogP contribution in [0.1, 0.15) is 46.5 Å². The third-order valence-corrected chi connectivity index (χ3v) is 3.81. The maximum Gasteiger partial charge on any atom is 0.335 e. The van der Waals surface area contributed by atoms with Gasteiger partial charge in [-0.1, -0.05) is 19.1 Å². The van der Waals surface area contributed by atoms with Gasteiger partial charge in [-0.05, 0) is 55.3 Å². The first-order chi connectivity index (χ1) is 11.5. The summed E-state index contributed by atoms with van der Waals surface area (Å²) in [5.41, 5.74) is 2.64. The smallest absolute Gasteiger partial charge is 0.335 e. The predicted molar refractivity (Wildman–Crippen MR) is 94.4 cm³/mol. The Kier molecular flexibility index (Phi) is 5.95. The van der Waals surface area contributed by atoms with Gasteiger partial charge in [-0.25, -0.2) is 4.79 Å². The number of carbonyl (C=O) groups is 2. The van der Waals surface area contributed by atoms with E-state index >= 15 is 0 Å². The van der Waals surface area contributed by atoms with E-state index < -0.39 is 5.97 Å². The molecular weight excluding hydrogens is 304 g/mol. The summed E-state index contributed by atoms with van der Waals surface area (Å²) in [6.45, 7) is 4.51. The van der Waals surface area contributed by atoms with Crippen molar-refractivity contribution in [1.82, 2.24) is 5.32 Å². The fourth-order valence-corrected chi connectivity index (χ4v) is 2.17. The molecule has 2 aromatic rings. The fraction of sp³-hybridized carbons (Fsp3) is 0.263. The molecule has 1 amide bonds. The van der Waals surface area contributed by atoms with Gasteiger partial charge >= 0.3 is 5.97 Å². The first-order valence-electron chi connectivity index (χ1n) is 7.96. The molecule has 2 rings (SSSR count). The molecule has 3 N–H and O–H groups in total. The maximum absolute atomic E-state index is 12.0. The van der Waals surface area contributed by atoms with Crippen molar-refractivity contribution in [2.75, 3.05) is 5.32 Å². The quantitative estimate of drug-likeness (QED) is 0.727. The number of carbonyl (C=O) groups excluding carboxylic acids is 1. The molecule has 1 atom stereocenters. The van der Waals surface area contributed by atoms with Crippen molar-refractivity contribution in [3.05, 3.63) is 65.2 Å². The Morgan fingerprint density at radius 2 is 1.79 bits per heavy atom. The van der Waals surface area contributed by atoms with Gasteiger partial charge in [-0.3, -0.25) is 4.79 Å². The third kappa shape index (κ3) is 4.84. The van der Waals surface area contributed by atoms with Crippen LogP contribution < -0.4 is 10.6 Å². The average molecular weight is 326 g/mol. The number of amides is 1. The van der Waals surface area contributed by atoms with E-state index in [1.165, 1.54) is 0 Å². The number of nitrogens with one attached hydrogen (secondary N) is 2. The summed E-state index contributed by atoms with van der Waals surface area (Å²) < 4.78 is 0. The first-order valence-corrected chi connectivity index (χ1v) is 7.96. The lowest BCUT2D eigenvalue weighted by molar-refractivity contribution is 0.0696. The lowest BCUT2D eigenvalue weighted by atomic mass is 10.1. The Labute approximate surface area is 141 Å². The van der Waals surface area contributed by atoms with Crippen molar-refractivity contribution in [3.8, 4) is 0 Å². The van der Waals surface area contributed by atoms with Crippen molar-refractivity contribution < 1.29 is 14.7 Å². The molecule has 0 radical (unpaired) electrons. The summed E-state index contributed by atoms with van der Waals surface area (Å²) in [5.74, 6) is -1.02. The Bertz CT molecular complexity index is 711. The average Bonchev–Trinajstić information content (AvgIpc) is 2.60. The summed E-state index contributed by atoms with van der Waals surface area (Å²) in [4.78, 5) is 23.0. The Morgan fingerprint density at radius 1 is 1.08 bits per heavy atom. The Hall–Kier alpha value is -2.82. The highest BCUT2D eigenvalue weighted by Gasteiger charge is 2.08. The molecule has 0 saturated heterocycles. The number of carboxylic acid groups (broad SMARTS) is 1. The van der Waals surface area contributed by atoms with Gasteiger partial charge in [0.15, 0.2) is 0 Å². The second kappa shape index (κ2) is 8.15. The molecule has 0 heterocycles. The number of aromatic carboxylic acids is 1. The molecule has 2 aromatic carbocycles. The number of anilines is 1. The molecule has 0 aliphatic heterocycles. The van der Waals surface area contributed by atoms with Crippen molar-refractivity contribution in [2.45, 2.75) is 32.9 Å². The van der Waals surface area contributed by atoms with Gasteiger partial charge in [0.1, 0.15) is 0 Å². The number of rotatable bonds is 7. The number of carboxylic acids is 1. The molecule has 0 aliphatic rings. The van der Waals surface area contributed by atoms with E-state index in [0.29, 0.717) is 12.1 Å². The van der Waals surface area contributed by atoms with Gasteiger partial charge < -0.3 is 15.7 Å².